The van der Waals surface area contributed by atoms with Crippen LogP contribution < -0.4 is 0 Å². The quantitative estimate of drug-likeness (QED) is 0.408. The fraction of sp³-hybridized carbons (Fsp3) is 0.400. The first-order chi connectivity index (χ1) is 9.92. The van der Waals surface area contributed by atoms with E-state index in [0.717, 1.165) is 6.42 Å². The van der Waals surface area contributed by atoms with E-state index in [1.807, 2.05) is 0 Å². The van der Waals surface area contributed by atoms with E-state index in [4.69, 9.17) is 0 Å². The lowest BCUT2D eigenvalue weighted by Crippen LogP contribution is -2.03. The van der Waals surface area contributed by atoms with Crippen LogP contribution in [0.5, 0.6) is 0 Å². The summed E-state index contributed by atoms with van der Waals surface area (Å²) < 4.78 is 0. The van der Waals surface area contributed by atoms with Crippen LogP contribution >= 0.6 is 0 Å². The molecule has 0 saturated heterocycles. The molecule has 20 heavy (non-hydrogen) atoms. The first kappa shape index (κ1) is 14.8. The minimum absolute atomic E-state index is 0.572. The molecule has 1 aromatic rings. The van der Waals surface area contributed by atoms with Gasteiger partial charge in [0.25, 0.3) is 0 Å². The molecule has 106 valence electrons. The van der Waals surface area contributed by atoms with Crippen molar-refractivity contribution in [3.8, 4) is 0 Å². The fourth-order valence-electron chi connectivity index (χ4n) is 2.83. The Morgan fingerprint density at radius 3 is 2.65 bits per heavy atom. The molecule has 0 N–H and O–H groups in total. The summed E-state index contributed by atoms with van der Waals surface area (Å²) >= 11 is 0. The molecule has 0 heteroatoms. The van der Waals surface area contributed by atoms with Gasteiger partial charge in [-0.15, -0.1) is 0 Å². The van der Waals surface area contributed by atoms with Crippen molar-refractivity contribution >= 4 is 0 Å². The summed E-state index contributed by atoms with van der Waals surface area (Å²) in [5.74, 6) is 0.572. The number of benzene rings is 1. The molecular formula is C20H26. The molecule has 1 aliphatic carbocycles. The van der Waals surface area contributed by atoms with Gasteiger partial charge in [-0.1, -0.05) is 67.6 Å². The normalized spacial score (nSPS) is 16.4. The summed E-state index contributed by atoms with van der Waals surface area (Å²) in [6.45, 7) is 2.20. The van der Waals surface area contributed by atoms with Gasteiger partial charge in [-0.25, -0.2) is 0 Å². The third-order valence-electron chi connectivity index (χ3n) is 3.89. The fourth-order valence-corrected chi connectivity index (χ4v) is 2.83. The lowest BCUT2D eigenvalue weighted by atomic mass is 9.84. The maximum Gasteiger partial charge on any atom is 0.00861 e. The minimum Gasteiger partial charge on any atom is -0.0888 e. The number of rotatable bonds is 7. The zero-order valence-corrected chi connectivity index (χ0v) is 12.6. The van der Waals surface area contributed by atoms with E-state index in [-0.39, 0.29) is 0 Å². The molecule has 0 radical (unpaired) electrons. The van der Waals surface area contributed by atoms with Crippen LogP contribution in [0.2, 0.25) is 0 Å². The van der Waals surface area contributed by atoms with Crippen molar-refractivity contribution in [2.45, 2.75) is 51.4 Å². The van der Waals surface area contributed by atoms with Gasteiger partial charge in [0.05, 0.1) is 0 Å². The van der Waals surface area contributed by atoms with Gasteiger partial charge in [0, 0.05) is 5.92 Å². The maximum absolute atomic E-state index is 2.43. The smallest absolute Gasteiger partial charge is 0.00861 e. The van der Waals surface area contributed by atoms with Gasteiger partial charge in [-0.3, -0.25) is 0 Å². The van der Waals surface area contributed by atoms with Crippen molar-refractivity contribution in [3.63, 3.8) is 0 Å². The second-order valence-corrected chi connectivity index (χ2v) is 5.46. The Balaban J connectivity index is 2.03. The Bertz CT molecular complexity index is 462. The average molecular weight is 266 g/mol. The highest BCUT2D eigenvalue weighted by Crippen LogP contribution is 2.32. The third-order valence-corrected chi connectivity index (χ3v) is 3.89. The van der Waals surface area contributed by atoms with Crippen molar-refractivity contribution in [2.24, 2.45) is 0 Å². The van der Waals surface area contributed by atoms with Crippen LogP contribution in [0.4, 0.5) is 0 Å². The second kappa shape index (κ2) is 8.58. The van der Waals surface area contributed by atoms with E-state index in [2.05, 4.69) is 67.6 Å². The van der Waals surface area contributed by atoms with Gasteiger partial charge in [0.2, 0.25) is 0 Å². The lowest BCUT2D eigenvalue weighted by molar-refractivity contribution is 0.663. The van der Waals surface area contributed by atoms with Crippen LogP contribution in [0.25, 0.3) is 0 Å². The van der Waals surface area contributed by atoms with Crippen molar-refractivity contribution in [1.29, 1.82) is 0 Å². The Labute approximate surface area is 123 Å². The summed E-state index contributed by atoms with van der Waals surface area (Å²) in [5, 5.41) is 0. The van der Waals surface area contributed by atoms with Crippen molar-refractivity contribution < 1.29 is 0 Å². The van der Waals surface area contributed by atoms with E-state index < -0.39 is 0 Å². The highest BCUT2D eigenvalue weighted by molar-refractivity contribution is 5.36. The number of unbranched alkanes of at least 4 members (excludes halogenated alkanes) is 1. The zero-order chi connectivity index (χ0) is 14.0. The first-order valence-corrected chi connectivity index (χ1v) is 7.98. The second-order valence-electron chi connectivity index (χ2n) is 5.46. The molecule has 0 aliphatic heterocycles. The highest BCUT2D eigenvalue weighted by Gasteiger charge is 2.15. The van der Waals surface area contributed by atoms with Gasteiger partial charge in [-0.2, -0.15) is 0 Å². The number of allylic oxidation sites excluding steroid dienone is 6. The molecule has 0 spiro atoms. The van der Waals surface area contributed by atoms with E-state index in [1.54, 1.807) is 0 Å². The molecule has 0 heterocycles. The van der Waals surface area contributed by atoms with Gasteiger partial charge in [0.15, 0.2) is 0 Å². The highest BCUT2D eigenvalue weighted by atomic mass is 14.2. The third kappa shape index (κ3) is 4.52. The standard InChI is InChI=1S/C20H26/c1-2-3-4-5-12-17-20(18-13-8-6-9-14-18)19-15-10-7-11-16-19/h3-4,6,8-10,13-16,20H,2,5,7,11-12,17H2,1H3. The first-order valence-electron chi connectivity index (χ1n) is 7.98. The Hall–Kier alpha value is -1.56. The molecule has 1 unspecified atom stereocenters. The van der Waals surface area contributed by atoms with Crippen molar-refractivity contribution in [1.82, 2.24) is 0 Å². The summed E-state index contributed by atoms with van der Waals surface area (Å²) in [6, 6.07) is 11.0. The van der Waals surface area contributed by atoms with Crippen LogP contribution in [0.15, 0.2) is 66.3 Å². The summed E-state index contributed by atoms with van der Waals surface area (Å²) in [6.07, 6.45) is 18.9. The van der Waals surface area contributed by atoms with Crippen LogP contribution in [0.3, 0.4) is 0 Å². The van der Waals surface area contributed by atoms with Crippen molar-refractivity contribution in [2.75, 3.05) is 0 Å². The average Bonchev–Trinajstić information content (AvgIpc) is 2.53. The van der Waals surface area contributed by atoms with E-state index in [9.17, 15) is 0 Å². The summed E-state index contributed by atoms with van der Waals surface area (Å²) in [5.41, 5.74) is 2.98. The Morgan fingerprint density at radius 2 is 1.95 bits per heavy atom. The van der Waals surface area contributed by atoms with Crippen molar-refractivity contribution in [3.05, 3.63) is 71.8 Å². The van der Waals surface area contributed by atoms with Gasteiger partial charge >= 0.3 is 0 Å². The summed E-state index contributed by atoms with van der Waals surface area (Å²) in [4.78, 5) is 0. The minimum atomic E-state index is 0.572. The van der Waals surface area contributed by atoms with Crippen LogP contribution in [-0.4, -0.2) is 0 Å². The molecule has 2 rings (SSSR count). The van der Waals surface area contributed by atoms with Crippen LogP contribution in [0.1, 0.15) is 56.9 Å². The molecule has 0 nitrogen and oxygen atoms in total. The van der Waals surface area contributed by atoms with Gasteiger partial charge < -0.3 is 0 Å². The molecule has 1 aliphatic rings. The zero-order valence-electron chi connectivity index (χ0n) is 12.6. The SMILES string of the molecule is CCC=CCCCC(C1=CCCC=C1)c1ccccc1. The van der Waals surface area contributed by atoms with Gasteiger partial charge in [-0.05, 0) is 49.7 Å². The van der Waals surface area contributed by atoms with E-state index >= 15 is 0 Å². The molecule has 0 bridgehead atoms. The molecule has 1 atom stereocenters. The van der Waals surface area contributed by atoms with Crippen LogP contribution in [0, 0.1) is 0 Å². The van der Waals surface area contributed by atoms with Crippen LogP contribution in [-0.2, 0) is 0 Å². The maximum atomic E-state index is 2.43. The molecule has 0 fully saturated rings. The molecule has 0 amide bonds. The Kier molecular flexibility index (Phi) is 6.37. The molecule has 0 aromatic heterocycles. The van der Waals surface area contributed by atoms with E-state index in [1.165, 1.54) is 43.2 Å². The molecule has 0 saturated carbocycles. The topological polar surface area (TPSA) is 0 Å². The predicted octanol–water partition coefficient (Wildman–Crippen LogP) is 6.18. The number of hydrogen-bond donors (Lipinski definition) is 0. The Morgan fingerprint density at radius 1 is 1.10 bits per heavy atom. The molecular weight excluding hydrogens is 240 g/mol. The number of hydrogen-bond acceptors (Lipinski definition) is 0. The predicted molar refractivity (Wildman–Crippen MR) is 88.9 cm³/mol. The molecule has 1 aromatic carbocycles. The monoisotopic (exact) mass is 266 g/mol. The largest absolute Gasteiger partial charge is 0.0888 e. The summed E-state index contributed by atoms with van der Waals surface area (Å²) in [7, 11) is 0. The van der Waals surface area contributed by atoms with Gasteiger partial charge in [0.1, 0.15) is 0 Å². The van der Waals surface area contributed by atoms with E-state index in [0.29, 0.717) is 5.92 Å². The lowest BCUT2D eigenvalue weighted by Gasteiger charge is -2.20.